The number of sulfonamides is 1. The zero-order valence-electron chi connectivity index (χ0n) is 15.4. The van der Waals surface area contributed by atoms with Crippen LogP contribution in [0.2, 0.25) is 0 Å². The maximum absolute atomic E-state index is 13.1. The summed E-state index contributed by atoms with van der Waals surface area (Å²) in [6.07, 6.45) is 0. The molecular formula is C19H21N3O5S. The lowest BCUT2D eigenvalue weighted by Gasteiger charge is -2.36. The molecule has 2 aromatic rings. The van der Waals surface area contributed by atoms with Crippen LogP contribution < -0.4 is 19.7 Å². The van der Waals surface area contributed by atoms with Crippen molar-refractivity contribution in [2.75, 3.05) is 50.1 Å². The quantitative estimate of drug-likeness (QED) is 0.833. The van der Waals surface area contributed by atoms with E-state index in [1.165, 1.54) is 16.4 Å². The van der Waals surface area contributed by atoms with E-state index >= 15 is 0 Å². The fourth-order valence-electron chi connectivity index (χ4n) is 3.43. The minimum absolute atomic E-state index is 0.0655. The second kappa shape index (κ2) is 7.33. The largest absolute Gasteiger partial charge is 0.495 e. The van der Waals surface area contributed by atoms with Crippen LogP contribution in [0.15, 0.2) is 47.4 Å². The average molecular weight is 403 g/mol. The van der Waals surface area contributed by atoms with Crippen molar-refractivity contribution in [3.8, 4) is 11.5 Å². The molecule has 1 fully saturated rings. The van der Waals surface area contributed by atoms with E-state index in [1.807, 2.05) is 24.3 Å². The molecule has 9 heteroatoms. The number of nitrogens with one attached hydrogen (secondary N) is 1. The van der Waals surface area contributed by atoms with Gasteiger partial charge in [0.1, 0.15) is 11.5 Å². The fraction of sp³-hybridized carbons (Fsp3) is 0.316. The van der Waals surface area contributed by atoms with Crippen LogP contribution in [-0.4, -0.2) is 58.5 Å². The smallest absolute Gasteiger partial charge is 0.262 e. The van der Waals surface area contributed by atoms with Gasteiger partial charge in [0.15, 0.2) is 6.61 Å². The van der Waals surface area contributed by atoms with Gasteiger partial charge in [-0.15, -0.1) is 0 Å². The van der Waals surface area contributed by atoms with Gasteiger partial charge in [-0.05, 0) is 30.3 Å². The SMILES string of the molecule is COc1ccccc1N1CCN(S(=O)(=O)c2ccc3c(c2)NC(=O)CO3)CC1. The molecule has 2 aromatic carbocycles. The maximum atomic E-state index is 13.1. The van der Waals surface area contributed by atoms with Crippen LogP contribution in [0.25, 0.3) is 0 Å². The molecule has 0 aromatic heterocycles. The van der Waals surface area contributed by atoms with Crippen LogP contribution in [0.3, 0.4) is 0 Å². The van der Waals surface area contributed by atoms with E-state index < -0.39 is 10.0 Å². The first kappa shape index (κ1) is 18.6. The Bertz CT molecular complexity index is 1000. The number of hydrogen-bond acceptors (Lipinski definition) is 6. The van der Waals surface area contributed by atoms with Crippen LogP contribution in [0.1, 0.15) is 0 Å². The van der Waals surface area contributed by atoms with Crippen molar-refractivity contribution < 1.29 is 22.7 Å². The van der Waals surface area contributed by atoms with Crippen molar-refractivity contribution in [1.29, 1.82) is 0 Å². The maximum Gasteiger partial charge on any atom is 0.262 e. The van der Waals surface area contributed by atoms with E-state index in [4.69, 9.17) is 9.47 Å². The molecule has 1 saturated heterocycles. The first-order chi connectivity index (χ1) is 13.5. The molecule has 0 bridgehead atoms. The molecule has 0 atom stereocenters. The van der Waals surface area contributed by atoms with Crippen molar-refractivity contribution in [2.45, 2.75) is 4.90 Å². The summed E-state index contributed by atoms with van der Waals surface area (Å²) in [4.78, 5) is 13.8. The molecule has 2 aliphatic rings. The number of methoxy groups -OCH3 is 1. The van der Waals surface area contributed by atoms with Gasteiger partial charge in [0.05, 0.1) is 23.4 Å². The third-order valence-corrected chi connectivity index (χ3v) is 6.78. The normalized spacial score (nSPS) is 17.5. The van der Waals surface area contributed by atoms with Crippen molar-refractivity contribution in [2.24, 2.45) is 0 Å². The Balaban J connectivity index is 1.51. The minimum Gasteiger partial charge on any atom is -0.495 e. The first-order valence-corrected chi connectivity index (χ1v) is 10.4. The molecule has 4 rings (SSSR count). The molecule has 2 aliphatic heterocycles. The summed E-state index contributed by atoms with van der Waals surface area (Å²) >= 11 is 0. The second-order valence-corrected chi connectivity index (χ2v) is 8.50. The van der Waals surface area contributed by atoms with Gasteiger partial charge < -0.3 is 19.7 Å². The Labute approximate surface area is 163 Å². The molecule has 2 heterocycles. The Morgan fingerprint density at radius 1 is 1.07 bits per heavy atom. The highest BCUT2D eigenvalue weighted by Crippen LogP contribution is 2.32. The Kier molecular flexibility index (Phi) is 4.86. The lowest BCUT2D eigenvalue weighted by atomic mass is 10.2. The van der Waals surface area contributed by atoms with E-state index in [9.17, 15) is 13.2 Å². The molecule has 148 valence electrons. The van der Waals surface area contributed by atoms with E-state index in [0.29, 0.717) is 37.6 Å². The minimum atomic E-state index is -3.67. The number of hydrogen-bond donors (Lipinski definition) is 1. The molecule has 0 aliphatic carbocycles. The third kappa shape index (κ3) is 3.38. The number of rotatable bonds is 4. The third-order valence-electron chi connectivity index (χ3n) is 4.89. The Morgan fingerprint density at radius 2 is 1.82 bits per heavy atom. The standard InChI is InChI=1S/C19H21N3O5S/c1-26-18-5-3-2-4-16(18)21-8-10-22(11-9-21)28(24,25)14-6-7-17-15(12-14)20-19(23)13-27-17/h2-7,12H,8-11,13H2,1H3,(H,20,23). The highest BCUT2D eigenvalue weighted by molar-refractivity contribution is 7.89. The summed E-state index contributed by atoms with van der Waals surface area (Å²) in [5, 5.41) is 2.65. The first-order valence-electron chi connectivity index (χ1n) is 8.94. The summed E-state index contributed by atoms with van der Waals surface area (Å²) in [6.45, 7) is 1.78. The van der Waals surface area contributed by atoms with Gasteiger partial charge in [-0.1, -0.05) is 12.1 Å². The number of fused-ring (bicyclic) bond motifs is 1. The van der Waals surface area contributed by atoms with E-state index in [2.05, 4.69) is 10.2 Å². The van der Waals surface area contributed by atoms with Gasteiger partial charge in [-0.2, -0.15) is 4.31 Å². The molecule has 0 unspecified atom stereocenters. The topological polar surface area (TPSA) is 88.2 Å². The molecule has 1 amide bonds. The van der Waals surface area contributed by atoms with Gasteiger partial charge in [-0.3, -0.25) is 4.79 Å². The highest BCUT2D eigenvalue weighted by Gasteiger charge is 2.30. The van der Waals surface area contributed by atoms with Crippen molar-refractivity contribution in [3.63, 3.8) is 0 Å². The second-order valence-electron chi connectivity index (χ2n) is 6.56. The number of ether oxygens (including phenoxy) is 2. The van der Waals surface area contributed by atoms with E-state index in [-0.39, 0.29) is 17.4 Å². The lowest BCUT2D eigenvalue weighted by Crippen LogP contribution is -2.48. The zero-order valence-corrected chi connectivity index (χ0v) is 16.2. The highest BCUT2D eigenvalue weighted by atomic mass is 32.2. The molecule has 8 nitrogen and oxygen atoms in total. The molecule has 0 radical (unpaired) electrons. The van der Waals surface area contributed by atoms with Crippen LogP contribution in [0.4, 0.5) is 11.4 Å². The predicted molar refractivity (Wildman–Crippen MR) is 105 cm³/mol. The van der Waals surface area contributed by atoms with Gasteiger partial charge in [-0.25, -0.2) is 8.42 Å². The summed E-state index contributed by atoms with van der Waals surface area (Å²) in [6, 6.07) is 12.2. The number of para-hydroxylation sites is 2. The van der Waals surface area contributed by atoms with Crippen LogP contribution in [-0.2, 0) is 14.8 Å². The lowest BCUT2D eigenvalue weighted by molar-refractivity contribution is -0.118. The number of carbonyl (C=O) groups excluding carboxylic acids is 1. The number of carbonyl (C=O) groups is 1. The number of anilines is 2. The van der Waals surface area contributed by atoms with E-state index in [1.54, 1.807) is 13.2 Å². The number of benzene rings is 2. The van der Waals surface area contributed by atoms with Crippen molar-refractivity contribution >= 4 is 27.3 Å². The Hall–Kier alpha value is -2.78. The summed E-state index contributed by atoms with van der Waals surface area (Å²) in [5.74, 6) is 0.941. The fourth-order valence-corrected chi connectivity index (χ4v) is 4.88. The predicted octanol–water partition coefficient (Wildman–Crippen LogP) is 1.54. The molecule has 0 spiro atoms. The summed E-state index contributed by atoms with van der Waals surface area (Å²) in [5.41, 5.74) is 1.33. The van der Waals surface area contributed by atoms with E-state index in [0.717, 1.165) is 11.4 Å². The van der Waals surface area contributed by atoms with Gasteiger partial charge in [0.2, 0.25) is 10.0 Å². The van der Waals surface area contributed by atoms with Crippen molar-refractivity contribution in [3.05, 3.63) is 42.5 Å². The Morgan fingerprint density at radius 3 is 2.57 bits per heavy atom. The molecular weight excluding hydrogens is 382 g/mol. The summed E-state index contributed by atoms with van der Waals surface area (Å²) in [7, 11) is -2.04. The average Bonchev–Trinajstić information content (AvgIpc) is 2.73. The number of nitrogens with zero attached hydrogens (tertiary/aromatic N) is 2. The molecule has 0 saturated carbocycles. The number of amides is 1. The zero-order chi connectivity index (χ0) is 19.7. The van der Waals surface area contributed by atoms with Crippen molar-refractivity contribution in [1.82, 2.24) is 4.31 Å². The summed E-state index contributed by atoms with van der Waals surface area (Å²) < 4.78 is 38.3. The molecule has 1 N–H and O–H groups in total. The van der Waals surface area contributed by atoms with Crippen LogP contribution in [0.5, 0.6) is 11.5 Å². The number of piperazine rings is 1. The monoisotopic (exact) mass is 403 g/mol. The van der Waals surface area contributed by atoms with Gasteiger partial charge >= 0.3 is 0 Å². The van der Waals surface area contributed by atoms with Crippen LogP contribution >= 0.6 is 0 Å². The van der Waals surface area contributed by atoms with Crippen LogP contribution in [0, 0.1) is 0 Å². The van der Waals surface area contributed by atoms with Gasteiger partial charge in [0, 0.05) is 26.2 Å². The van der Waals surface area contributed by atoms with Gasteiger partial charge in [0.25, 0.3) is 5.91 Å². The molecule has 28 heavy (non-hydrogen) atoms.